The van der Waals surface area contributed by atoms with Crippen molar-refractivity contribution in [3.8, 4) is 0 Å². The van der Waals surface area contributed by atoms with Crippen LogP contribution in [-0.4, -0.2) is 17.7 Å². The Labute approximate surface area is 108 Å². The summed E-state index contributed by atoms with van der Waals surface area (Å²) in [6.07, 6.45) is 1.60. The van der Waals surface area contributed by atoms with Crippen molar-refractivity contribution in [3.63, 3.8) is 0 Å². The van der Waals surface area contributed by atoms with E-state index in [1.165, 1.54) is 5.56 Å². The standard InChI is InChI=1S/C14H21NOS/c1-3-12(2)15-14(16)9-10-17-11-13-7-5-4-6-8-13/h4-8,12H,3,9-11H2,1-2H3,(H,15,16)/t12-/m0/s1. The number of amides is 1. The van der Waals surface area contributed by atoms with E-state index in [9.17, 15) is 4.79 Å². The minimum absolute atomic E-state index is 0.167. The predicted octanol–water partition coefficient (Wildman–Crippen LogP) is 3.22. The van der Waals surface area contributed by atoms with Crippen LogP contribution in [-0.2, 0) is 10.5 Å². The molecule has 0 unspecified atom stereocenters. The lowest BCUT2D eigenvalue weighted by atomic mass is 10.2. The molecule has 0 aliphatic carbocycles. The van der Waals surface area contributed by atoms with Crippen LogP contribution in [0.4, 0.5) is 0 Å². The molecule has 94 valence electrons. The lowest BCUT2D eigenvalue weighted by Gasteiger charge is -2.10. The average Bonchev–Trinajstić information content (AvgIpc) is 2.36. The fourth-order valence-corrected chi connectivity index (χ4v) is 2.28. The van der Waals surface area contributed by atoms with Gasteiger partial charge in [-0.15, -0.1) is 0 Å². The average molecular weight is 251 g/mol. The molecular formula is C14H21NOS. The summed E-state index contributed by atoms with van der Waals surface area (Å²) in [7, 11) is 0. The van der Waals surface area contributed by atoms with Crippen molar-refractivity contribution in [2.45, 2.75) is 38.5 Å². The Kier molecular flexibility index (Phi) is 6.78. The van der Waals surface area contributed by atoms with Crippen LogP contribution < -0.4 is 5.32 Å². The van der Waals surface area contributed by atoms with Gasteiger partial charge in [0.2, 0.25) is 5.91 Å². The van der Waals surface area contributed by atoms with Gasteiger partial charge in [0.1, 0.15) is 0 Å². The summed E-state index contributed by atoms with van der Waals surface area (Å²) >= 11 is 1.81. The summed E-state index contributed by atoms with van der Waals surface area (Å²) < 4.78 is 0. The molecule has 0 aliphatic rings. The van der Waals surface area contributed by atoms with E-state index in [2.05, 4.69) is 24.4 Å². The minimum Gasteiger partial charge on any atom is -0.354 e. The summed E-state index contributed by atoms with van der Waals surface area (Å²) in [6.45, 7) is 4.12. The topological polar surface area (TPSA) is 29.1 Å². The van der Waals surface area contributed by atoms with Crippen LogP contribution in [0.1, 0.15) is 32.3 Å². The van der Waals surface area contributed by atoms with E-state index in [-0.39, 0.29) is 5.91 Å². The Morgan fingerprint density at radius 1 is 1.35 bits per heavy atom. The normalized spacial score (nSPS) is 12.1. The van der Waals surface area contributed by atoms with Gasteiger partial charge in [-0.1, -0.05) is 37.3 Å². The zero-order valence-corrected chi connectivity index (χ0v) is 11.4. The lowest BCUT2D eigenvalue weighted by molar-refractivity contribution is -0.121. The highest BCUT2D eigenvalue weighted by molar-refractivity contribution is 7.98. The van der Waals surface area contributed by atoms with Crippen molar-refractivity contribution >= 4 is 17.7 Å². The highest BCUT2D eigenvalue weighted by Crippen LogP contribution is 2.12. The van der Waals surface area contributed by atoms with Gasteiger partial charge in [0.25, 0.3) is 0 Å². The second-order valence-electron chi connectivity index (χ2n) is 4.16. The first kappa shape index (κ1) is 14.1. The van der Waals surface area contributed by atoms with Crippen molar-refractivity contribution in [2.75, 3.05) is 5.75 Å². The van der Waals surface area contributed by atoms with Crippen LogP contribution in [0.15, 0.2) is 30.3 Å². The predicted molar refractivity (Wildman–Crippen MR) is 75.1 cm³/mol. The molecule has 0 spiro atoms. The first-order valence-corrected chi connectivity index (χ1v) is 7.29. The van der Waals surface area contributed by atoms with Gasteiger partial charge in [-0.3, -0.25) is 4.79 Å². The molecule has 0 aromatic heterocycles. The van der Waals surface area contributed by atoms with Gasteiger partial charge in [-0.25, -0.2) is 0 Å². The van der Waals surface area contributed by atoms with E-state index >= 15 is 0 Å². The number of carbonyl (C=O) groups excluding carboxylic acids is 1. The first-order chi connectivity index (χ1) is 8.22. The maximum absolute atomic E-state index is 11.5. The van der Waals surface area contributed by atoms with Crippen LogP contribution in [0, 0.1) is 0 Å². The number of carbonyl (C=O) groups is 1. The Morgan fingerprint density at radius 2 is 2.06 bits per heavy atom. The van der Waals surface area contributed by atoms with Gasteiger partial charge in [0.05, 0.1) is 0 Å². The smallest absolute Gasteiger partial charge is 0.221 e. The summed E-state index contributed by atoms with van der Waals surface area (Å²) in [6, 6.07) is 10.6. The van der Waals surface area contributed by atoms with Gasteiger partial charge in [-0.05, 0) is 18.9 Å². The van der Waals surface area contributed by atoms with Gasteiger partial charge < -0.3 is 5.32 Å². The number of nitrogens with one attached hydrogen (secondary N) is 1. The molecule has 0 heterocycles. The van der Waals surface area contributed by atoms with E-state index < -0.39 is 0 Å². The van der Waals surface area contributed by atoms with Crippen molar-refractivity contribution in [1.82, 2.24) is 5.32 Å². The largest absolute Gasteiger partial charge is 0.354 e. The third kappa shape index (κ3) is 6.37. The Balaban J connectivity index is 2.10. The van der Waals surface area contributed by atoms with Crippen LogP contribution in [0.5, 0.6) is 0 Å². The van der Waals surface area contributed by atoms with Crippen molar-refractivity contribution in [1.29, 1.82) is 0 Å². The van der Waals surface area contributed by atoms with Crippen LogP contribution in [0.2, 0.25) is 0 Å². The highest BCUT2D eigenvalue weighted by atomic mass is 32.2. The van der Waals surface area contributed by atoms with E-state index in [0.717, 1.165) is 17.9 Å². The van der Waals surface area contributed by atoms with Crippen LogP contribution in [0.3, 0.4) is 0 Å². The molecule has 1 N–H and O–H groups in total. The Bertz CT molecular complexity index is 326. The monoisotopic (exact) mass is 251 g/mol. The van der Waals surface area contributed by atoms with Crippen molar-refractivity contribution in [2.24, 2.45) is 0 Å². The van der Waals surface area contributed by atoms with E-state index in [1.54, 1.807) is 0 Å². The molecule has 1 aromatic carbocycles. The fourth-order valence-electron chi connectivity index (χ4n) is 1.38. The molecule has 0 saturated carbocycles. The van der Waals surface area contributed by atoms with Gasteiger partial charge in [0.15, 0.2) is 0 Å². The molecule has 3 heteroatoms. The first-order valence-electron chi connectivity index (χ1n) is 6.13. The van der Waals surface area contributed by atoms with Crippen molar-refractivity contribution in [3.05, 3.63) is 35.9 Å². The number of hydrogen-bond donors (Lipinski definition) is 1. The maximum Gasteiger partial charge on any atom is 0.221 e. The molecule has 1 rings (SSSR count). The van der Waals surface area contributed by atoms with E-state index in [0.29, 0.717) is 12.5 Å². The third-order valence-corrected chi connectivity index (χ3v) is 3.64. The van der Waals surface area contributed by atoms with Crippen molar-refractivity contribution < 1.29 is 4.79 Å². The molecule has 0 fully saturated rings. The Hall–Kier alpha value is -0.960. The summed E-state index contributed by atoms with van der Waals surface area (Å²) in [5, 5.41) is 2.98. The molecule has 1 atom stereocenters. The Morgan fingerprint density at radius 3 is 2.71 bits per heavy atom. The SMILES string of the molecule is CC[C@H](C)NC(=O)CCSCc1ccccc1. The summed E-state index contributed by atoms with van der Waals surface area (Å²) in [4.78, 5) is 11.5. The quantitative estimate of drug-likeness (QED) is 0.754. The zero-order valence-electron chi connectivity index (χ0n) is 10.6. The van der Waals surface area contributed by atoms with Crippen LogP contribution in [0.25, 0.3) is 0 Å². The minimum atomic E-state index is 0.167. The zero-order chi connectivity index (χ0) is 12.5. The molecule has 1 amide bonds. The number of thioether (sulfide) groups is 1. The molecule has 1 aromatic rings. The number of hydrogen-bond acceptors (Lipinski definition) is 2. The maximum atomic E-state index is 11.5. The van der Waals surface area contributed by atoms with Gasteiger partial charge >= 0.3 is 0 Å². The molecule has 0 radical (unpaired) electrons. The molecule has 0 saturated heterocycles. The highest BCUT2D eigenvalue weighted by Gasteiger charge is 2.04. The summed E-state index contributed by atoms with van der Waals surface area (Å²) in [5.41, 5.74) is 1.32. The fraction of sp³-hybridized carbons (Fsp3) is 0.500. The lowest BCUT2D eigenvalue weighted by Crippen LogP contribution is -2.32. The van der Waals surface area contributed by atoms with Gasteiger partial charge in [-0.2, -0.15) is 11.8 Å². The second kappa shape index (κ2) is 8.18. The number of rotatable bonds is 7. The summed E-state index contributed by atoms with van der Waals surface area (Å²) in [5.74, 6) is 2.04. The molecule has 0 aliphatic heterocycles. The third-order valence-electron chi connectivity index (χ3n) is 2.60. The molecular weight excluding hydrogens is 230 g/mol. The molecule has 17 heavy (non-hydrogen) atoms. The van der Waals surface area contributed by atoms with E-state index in [4.69, 9.17) is 0 Å². The molecule has 0 bridgehead atoms. The number of benzene rings is 1. The van der Waals surface area contributed by atoms with Crippen LogP contribution >= 0.6 is 11.8 Å². The van der Waals surface area contributed by atoms with Gasteiger partial charge in [0, 0.05) is 24.0 Å². The second-order valence-corrected chi connectivity index (χ2v) is 5.27. The molecule has 2 nitrogen and oxygen atoms in total. The van der Waals surface area contributed by atoms with E-state index in [1.807, 2.05) is 36.9 Å².